The van der Waals surface area contributed by atoms with E-state index >= 15 is 0 Å². The summed E-state index contributed by atoms with van der Waals surface area (Å²) in [6, 6.07) is 6.30. The van der Waals surface area contributed by atoms with E-state index in [0.29, 0.717) is 5.92 Å². The van der Waals surface area contributed by atoms with Crippen LogP contribution in [0.3, 0.4) is 0 Å². The molecule has 1 aliphatic rings. The summed E-state index contributed by atoms with van der Waals surface area (Å²) in [5.74, 6) is 1.57. The van der Waals surface area contributed by atoms with Gasteiger partial charge in [0.2, 0.25) is 0 Å². The molecule has 0 amide bonds. The minimum atomic E-state index is 0.133. The van der Waals surface area contributed by atoms with Gasteiger partial charge in [-0.25, -0.2) is 0 Å². The van der Waals surface area contributed by atoms with Crippen LogP contribution in [-0.2, 0) is 0 Å². The van der Waals surface area contributed by atoms with Gasteiger partial charge in [-0.3, -0.25) is 0 Å². The molecule has 0 aromatic heterocycles. The van der Waals surface area contributed by atoms with Crippen molar-refractivity contribution in [3.63, 3.8) is 0 Å². The second kappa shape index (κ2) is 8.19. The highest BCUT2D eigenvalue weighted by atomic mass is 79.9. The van der Waals surface area contributed by atoms with E-state index < -0.39 is 0 Å². The second-order valence-electron chi connectivity index (χ2n) is 5.99. The first-order valence-corrected chi connectivity index (χ1v) is 9.73. The van der Waals surface area contributed by atoms with Gasteiger partial charge < -0.3 is 0 Å². The molecule has 0 radical (unpaired) electrons. The summed E-state index contributed by atoms with van der Waals surface area (Å²) in [5.41, 5.74) is 1.23. The van der Waals surface area contributed by atoms with Crippen LogP contribution >= 0.6 is 43.5 Å². The Morgan fingerprint density at radius 3 is 2.55 bits per heavy atom. The van der Waals surface area contributed by atoms with Crippen molar-refractivity contribution in [1.82, 2.24) is 0 Å². The molecule has 0 saturated heterocycles. The maximum Gasteiger partial charge on any atom is 0.0624 e. The standard InChI is InChI=1S/C17H23Br2Cl/c1-2-3-4-12-5-7-13(8-6-12)17(20)15-11-14(18)9-10-16(15)19/h9-13,17H,2-8H2,1H3. The molecule has 1 saturated carbocycles. The van der Waals surface area contributed by atoms with Crippen LogP contribution in [0.5, 0.6) is 0 Å². The SMILES string of the molecule is CCCCC1CCC(C(Cl)c2cc(Br)ccc2Br)CC1. The molecule has 1 atom stereocenters. The zero-order valence-corrected chi connectivity index (χ0v) is 16.0. The van der Waals surface area contributed by atoms with Gasteiger partial charge in [0.15, 0.2) is 0 Å². The highest BCUT2D eigenvalue weighted by Crippen LogP contribution is 2.44. The molecule has 1 unspecified atom stereocenters. The predicted octanol–water partition coefficient (Wildman–Crippen LogP) is 7.49. The van der Waals surface area contributed by atoms with Crippen LogP contribution in [0.4, 0.5) is 0 Å². The van der Waals surface area contributed by atoms with E-state index in [-0.39, 0.29) is 5.38 Å². The number of alkyl halides is 1. The molecule has 20 heavy (non-hydrogen) atoms. The lowest BCUT2D eigenvalue weighted by Crippen LogP contribution is -2.18. The molecule has 112 valence electrons. The van der Waals surface area contributed by atoms with Gasteiger partial charge in [-0.1, -0.05) is 70.9 Å². The van der Waals surface area contributed by atoms with Gasteiger partial charge in [0, 0.05) is 8.95 Å². The fourth-order valence-electron chi connectivity index (χ4n) is 3.24. The van der Waals surface area contributed by atoms with Crippen molar-refractivity contribution in [3.8, 4) is 0 Å². The molecular weight excluding hydrogens is 399 g/mol. The molecule has 1 aliphatic carbocycles. The molecular formula is C17H23Br2Cl. The van der Waals surface area contributed by atoms with Crippen molar-refractivity contribution >= 4 is 43.5 Å². The third kappa shape index (κ3) is 4.48. The maximum absolute atomic E-state index is 6.76. The van der Waals surface area contributed by atoms with Gasteiger partial charge in [0.05, 0.1) is 5.38 Å². The molecule has 3 heteroatoms. The lowest BCUT2D eigenvalue weighted by Gasteiger charge is -2.31. The van der Waals surface area contributed by atoms with Crippen LogP contribution in [-0.4, -0.2) is 0 Å². The Kier molecular flexibility index (Phi) is 6.90. The third-order valence-corrected chi connectivity index (χ3v) is 6.33. The van der Waals surface area contributed by atoms with E-state index in [4.69, 9.17) is 11.6 Å². The topological polar surface area (TPSA) is 0 Å². The Hall–Kier alpha value is 0.470. The molecule has 1 fully saturated rings. The number of rotatable bonds is 5. The van der Waals surface area contributed by atoms with Gasteiger partial charge in [0.1, 0.15) is 0 Å². The van der Waals surface area contributed by atoms with E-state index in [1.54, 1.807) is 0 Å². The molecule has 2 rings (SSSR count). The van der Waals surface area contributed by atoms with Gasteiger partial charge in [0.25, 0.3) is 0 Å². The molecule has 0 spiro atoms. The first-order chi connectivity index (χ1) is 9.61. The van der Waals surface area contributed by atoms with Crippen molar-refractivity contribution in [1.29, 1.82) is 0 Å². The van der Waals surface area contributed by atoms with Crippen LogP contribution in [0, 0.1) is 11.8 Å². The Balaban J connectivity index is 1.94. The zero-order chi connectivity index (χ0) is 14.5. The highest BCUT2D eigenvalue weighted by Gasteiger charge is 2.28. The van der Waals surface area contributed by atoms with E-state index in [1.165, 1.54) is 50.5 Å². The smallest absolute Gasteiger partial charge is 0.0624 e. The molecule has 1 aromatic carbocycles. The quantitative estimate of drug-likeness (QED) is 0.431. The summed E-state index contributed by atoms with van der Waals surface area (Å²) < 4.78 is 2.24. The zero-order valence-electron chi connectivity index (χ0n) is 12.0. The van der Waals surface area contributed by atoms with E-state index in [0.717, 1.165) is 14.9 Å². The number of benzene rings is 1. The van der Waals surface area contributed by atoms with Crippen LogP contribution in [0.1, 0.15) is 62.8 Å². The highest BCUT2D eigenvalue weighted by molar-refractivity contribution is 9.11. The van der Waals surface area contributed by atoms with Crippen molar-refractivity contribution in [2.75, 3.05) is 0 Å². The first-order valence-electron chi connectivity index (χ1n) is 7.70. The van der Waals surface area contributed by atoms with Crippen molar-refractivity contribution in [2.24, 2.45) is 11.8 Å². The van der Waals surface area contributed by atoms with Crippen LogP contribution in [0.25, 0.3) is 0 Å². The third-order valence-electron chi connectivity index (χ3n) is 4.53. The largest absolute Gasteiger partial charge is 0.117 e. The minimum Gasteiger partial charge on any atom is -0.117 e. The van der Waals surface area contributed by atoms with Crippen molar-refractivity contribution < 1.29 is 0 Å². The van der Waals surface area contributed by atoms with Crippen molar-refractivity contribution in [2.45, 2.75) is 57.2 Å². The Labute approximate surface area is 144 Å². The average Bonchev–Trinajstić information content (AvgIpc) is 2.47. The van der Waals surface area contributed by atoms with Gasteiger partial charge in [-0.05, 0) is 48.4 Å². The Morgan fingerprint density at radius 1 is 1.20 bits per heavy atom. The fourth-order valence-corrected chi connectivity index (χ4v) is 4.68. The van der Waals surface area contributed by atoms with E-state index in [2.05, 4.69) is 57.0 Å². The molecule has 0 aliphatic heterocycles. The van der Waals surface area contributed by atoms with E-state index in [9.17, 15) is 0 Å². The number of hydrogen-bond donors (Lipinski definition) is 0. The normalized spacial score (nSPS) is 24.6. The van der Waals surface area contributed by atoms with E-state index in [1.807, 2.05) is 0 Å². The number of halogens is 3. The monoisotopic (exact) mass is 420 g/mol. The summed E-state index contributed by atoms with van der Waals surface area (Å²) >= 11 is 13.9. The van der Waals surface area contributed by atoms with Crippen LogP contribution < -0.4 is 0 Å². The molecule has 0 heterocycles. The summed E-state index contributed by atoms with van der Waals surface area (Å²) in [6.07, 6.45) is 9.40. The van der Waals surface area contributed by atoms with Crippen LogP contribution in [0.2, 0.25) is 0 Å². The van der Waals surface area contributed by atoms with Crippen molar-refractivity contribution in [3.05, 3.63) is 32.7 Å². The molecule has 0 nitrogen and oxygen atoms in total. The summed E-state index contributed by atoms with van der Waals surface area (Å²) in [6.45, 7) is 2.28. The van der Waals surface area contributed by atoms with Gasteiger partial charge in [-0.2, -0.15) is 0 Å². The maximum atomic E-state index is 6.76. The minimum absolute atomic E-state index is 0.133. The lowest BCUT2D eigenvalue weighted by molar-refractivity contribution is 0.254. The molecule has 0 bridgehead atoms. The molecule has 0 N–H and O–H groups in total. The lowest BCUT2D eigenvalue weighted by atomic mass is 9.77. The summed E-state index contributed by atoms with van der Waals surface area (Å²) in [5, 5.41) is 0.133. The van der Waals surface area contributed by atoms with Gasteiger partial charge in [-0.15, -0.1) is 11.6 Å². The Bertz CT molecular complexity index is 425. The number of hydrogen-bond acceptors (Lipinski definition) is 0. The average molecular weight is 423 g/mol. The Morgan fingerprint density at radius 2 is 1.90 bits per heavy atom. The van der Waals surface area contributed by atoms with Gasteiger partial charge >= 0.3 is 0 Å². The number of unbranched alkanes of at least 4 members (excludes halogenated alkanes) is 1. The first kappa shape index (κ1) is 16.8. The predicted molar refractivity (Wildman–Crippen MR) is 95.4 cm³/mol. The summed E-state index contributed by atoms with van der Waals surface area (Å²) in [7, 11) is 0. The second-order valence-corrected chi connectivity index (χ2v) is 8.23. The van der Waals surface area contributed by atoms with Crippen LogP contribution in [0.15, 0.2) is 27.1 Å². The fraction of sp³-hybridized carbons (Fsp3) is 0.647. The summed E-state index contributed by atoms with van der Waals surface area (Å²) in [4.78, 5) is 0. The molecule has 1 aromatic rings.